The lowest BCUT2D eigenvalue weighted by molar-refractivity contribution is -0.146. The van der Waals surface area contributed by atoms with Crippen molar-refractivity contribution in [2.24, 2.45) is 23.7 Å². The molecule has 1 aromatic heterocycles. The number of thiazole rings is 1. The smallest absolute Gasteiger partial charge is 0.307 e. The third-order valence-corrected chi connectivity index (χ3v) is 6.61. The van der Waals surface area contributed by atoms with Crippen LogP contribution in [0.25, 0.3) is 11.3 Å². The van der Waals surface area contributed by atoms with Crippen LogP contribution in [0, 0.1) is 44.4 Å². The van der Waals surface area contributed by atoms with Gasteiger partial charge in [-0.15, -0.1) is 11.3 Å². The summed E-state index contributed by atoms with van der Waals surface area (Å²) in [4.78, 5) is 30.2. The maximum atomic E-state index is 12.9. The summed E-state index contributed by atoms with van der Waals surface area (Å²) in [6.07, 6.45) is 4.68. The first-order valence-electron chi connectivity index (χ1n) is 9.12. The number of nitrogens with one attached hydrogen (secondary N) is 1. The standard InChI is InChI=1S/C21H22N2O3S/c1-10-4-5-11(2)15(8-10)18-12(3)27-21(22-18)23-19(24)16-13-6-7-14(9-13)17(16)20(25)26/h4-8,13-14,16-17H,9H2,1-3H3,(H,25,26)(H,22,23,24). The summed E-state index contributed by atoms with van der Waals surface area (Å²) in [5.74, 6) is -2.31. The van der Waals surface area contributed by atoms with E-state index in [1.54, 1.807) is 0 Å². The van der Waals surface area contributed by atoms with Gasteiger partial charge in [-0.05, 0) is 50.7 Å². The van der Waals surface area contributed by atoms with E-state index in [0.29, 0.717) is 5.13 Å². The van der Waals surface area contributed by atoms with E-state index in [2.05, 4.69) is 28.5 Å². The van der Waals surface area contributed by atoms with Gasteiger partial charge in [0.15, 0.2) is 5.13 Å². The molecule has 4 rings (SSSR count). The van der Waals surface area contributed by atoms with Crippen molar-refractivity contribution < 1.29 is 14.7 Å². The summed E-state index contributed by atoms with van der Waals surface area (Å²) in [6.45, 7) is 6.08. The largest absolute Gasteiger partial charge is 0.481 e. The normalized spacial score (nSPS) is 25.7. The molecule has 27 heavy (non-hydrogen) atoms. The topological polar surface area (TPSA) is 79.3 Å². The van der Waals surface area contributed by atoms with Crippen molar-refractivity contribution >= 4 is 28.3 Å². The molecule has 4 atom stereocenters. The minimum Gasteiger partial charge on any atom is -0.481 e. The summed E-state index contributed by atoms with van der Waals surface area (Å²) in [6, 6.07) is 6.24. The number of benzene rings is 1. The monoisotopic (exact) mass is 382 g/mol. The highest BCUT2D eigenvalue weighted by molar-refractivity contribution is 7.16. The fourth-order valence-corrected chi connectivity index (χ4v) is 5.23. The zero-order valence-corrected chi connectivity index (χ0v) is 16.3. The zero-order valence-electron chi connectivity index (χ0n) is 15.5. The number of carboxylic acids is 1. The van der Waals surface area contributed by atoms with Gasteiger partial charge >= 0.3 is 5.97 Å². The lowest BCUT2D eigenvalue weighted by atomic mass is 9.82. The number of carbonyl (C=O) groups excluding carboxylic acids is 1. The van der Waals surface area contributed by atoms with Gasteiger partial charge in [0.25, 0.3) is 0 Å². The molecule has 6 heteroatoms. The maximum absolute atomic E-state index is 12.9. The number of rotatable bonds is 4. The van der Waals surface area contributed by atoms with Gasteiger partial charge in [-0.2, -0.15) is 0 Å². The number of fused-ring (bicyclic) bond motifs is 2. The van der Waals surface area contributed by atoms with Crippen LogP contribution >= 0.6 is 11.3 Å². The third-order valence-electron chi connectivity index (χ3n) is 5.72. The van der Waals surface area contributed by atoms with Crippen LogP contribution in [0.15, 0.2) is 30.4 Å². The average molecular weight is 382 g/mol. The van der Waals surface area contributed by atoms with Crippen LogP contribution in [0.3, 0.4) is 0 Å². The van der Waals surface area contributed by atoms with Crippen molar-refractivity contribution in [2.75, 3.05) is 5.32 Å². The number of nitrogens with zero attached hydrogens (tertiary/aromatic N) is 1. The fourth-order valence-electron chi connectivity index (χ4n) is 4.40. The summed E-state index contributed by atoms with van der Waals surface area (Å²) in [5.41, 5.74) is 4.23. The number of aromatic nitrogens is 1. The highest BCUT2D eigenvalue weighted by atomic mass is 32.1. The van der Waals surface area contributed by atoms with Crippen LogP contribution in [0.5, 0.6) is 0 Å². The highest BCUT2D eigenvalue weighted by Gasteiger charge is 2.51. The Kier molecular flexibility index (Phi) is 4.38. The average Bonchev–Trinajstić information content (AvgIpc) is 3.31. The van der Waals surface area contributed by atoms with Gasteiger partial charge in [-0.25, -0.2) is 4.98 Å². The van der Waals surface area contributed by atoms with Gasteiger partial charge in [0.1, 0.15) is 0 Å². The highest BCUT2D eigenvalue weighted by Crippen LogP contribution is 2.48. The molecule has 1 aromatic carbocycles. The molecule has 140 valence electrons. The van der Waals surface area contributed by atoms with E-state index in [0.717, 1.165) is 33.7 Å². The molecule has 5 nitrogen and oxygen atoms in total. The number of aryl methyl sites for hydroxylation is 3. The Bertz CT molecular complexity index is 962. The second kappa shape index (κ2) is 6.60. The Morgan fingerprint density at radius 1 is 1.15 bits per heavy atom. The molecule has 1 fully saturated rings. The Hall–Kier alpha value is -2.47. The summed E-state index contributed by atoms with van der Waals surface area (Å²) in [5, 5.41) is 13.0. The van der Waals surface area contributed by atoms with Crippen molar-refractivity contribution in [3.05, 3.63) is 46.4 Å². The van der Waals surface area contributed by atoms with E-state index in [1.807, 2.05) is 32.9 Å². The van der Waals surface area contributed by atoms with E-state index < -0.39 is 17.8 Å². The zero-order chi connectivity index (χ0) is 19.3. The molecule has 2 N–H and O–H groups in total. The van der Waals surface area contributed by atoms with Gasteiger partial charge in [0, 0.05) is 10.4 Å². The number of aliphatic carboxylic acids is 1. The Labute approximate surface area is 162 Å². The van der Waals surface area contributed by atoms with Gasteiger partial charge < -0.3 is 10.4 Å². The van der Waals surface area contributed by atoms with Gasteiger partial charge in [0.05, 0.1) is 17.5 Å². The van der Waals surface area contributed by atoms with E-state index in [9.17, 15) is 14.7 Å². The van der Waals surface area contributed by atoms with E-state index in [4.69, 9.17) is 0 Å². The minimum absolute atomic E-state index is 0.00986. The lowest BCUT2D eigenvalue weighted by Crippen LogP contribution is -2.36. The predicted octanol–water partition coefficient (Wildman–Crippen LogP) is 4.20. The fraction of sp³-hybridized carbons (Fsp3) is 0.381. The Morgan fingerprint density at radius 2 is 1.85 bits per heavy atom. The SMILES string of the molecule is Cc1ccc(C)c(-c2nc(NC(=O)C3C4C=CC(C4)C3C(=O)O)sc2C)c1. The van der Waals surface area contributed by atoms with Crippen LogP contribution in [0.1, 0.15) is 22.4 Å². The first kappa shape index (κ1) is 17.9. The van der Waals surface area contributed by atoms with Crippen molar-refractivity contribution in [3.63, 3.8) is 0 Å². The van der Waals surface area contributed by atoms with Crippen LogP contribution in [-0.4, -0.2) is 22.0 Å². The van der Waals surface area contributed by atoms with Crippen molar-refractivity contribution in [3.8, 4) is 11.3 Å². The molecular formula is C21H22N2O3S. The summed E-state index contributed by atoms with van der Waals surface area (Å²) < 4.78 is 0. The Balaban J connectivity index is 1.59. The molecular weight excluding hydrogens is 360 g/mol. The number of amides is 1. The van der Waals surface area contributed by atoms with Gasteiger partial charge in [0.2, 0.25) is 5.91 Å². The van der Waals surface area contributed by atoms with Crippen molar-refractivity contribution in [1.29, 1.82) is 0 Å². The Morgan fingerprint density at radius 3 is 2.56 bits per heavy atom. The first-order valence-corrected chi connectivity index (χ1v) is 9.94. The molecule has 2 bridgehead atoms. The third kappa shape index (κ3) is 3.08. The molecule has 1 saturated carbocycles. The van der Waals surface area contributed by atoms with Crippen LogP contribution in [0.2, 0.25) is 0 Å². The number of carbonyl (C=O) groups is 2. The molecule has 2 aliphatic rings. The number of hydrogen-bond acceptors (Lipinski definition) is 4. The second-order valence-corrected chi connectivity index (χ2v) is 8.77. The first-order chi connectivity index (χ1) is 12.8. The van der Waals surface area contributed by atoms with Crippen LogP contribution in [0.4, 0.5) is 5.13 Å². The van der Waals surface area contributed by atoms with E-state index >= 15 is 0 Å². The number of allylic oxidation sites excluding steroid dienone is 2. The number of anilines is 1. The van der Waals surface area contributed by atoms with E-state index in [1.165, 1.54) is 11.3 Å². The molecule has 2 aliphatic carbocycles. The van der Waals surface area contributed by atoms with Crippen molar-refractivity contribution in [2.45, 2.75) is 27.2 Å². The second-order valence-electron chi connectivity index (χ2n) is 7.57. The molecule has 4 unspecified atom stereocenters. The molecule has 0 radical (unpaired) electrons. The van der Waals surface area contributed by atoms with Crippen molar-refractivity contribution in [1.82, 2.24) is 4.98 Å². The molecule has 0 saturated heterocycles. The molecule has 0 aliphatic heterocycles. The van der Waals surface area contributed by atoms with Crippen LogP contribution < -0.4 is 5.32 Å². The van der Waals surface area contributed by atoms with Crippen LogP contribution in [-0.2, 0) is 9.59 Å². The maximum Gasteiger partial charge on any atom is 0.307 e. The molecule has 1 amide bonds. The quantitative estimate of drug-likeness (QED) is 0.777. The summed E-state index contributed by atoms with van der Waals surface area (Å²) >= 11 is 1.43. The summed E-state index contributed by atoms with van der Waals surface area (Å²) in [7, 11) is 0. The molecule has 2 aromatic rings. The predicted molar refractivity (Wildman–Crippen MR) is 106 cm³/mol. The van der Waals surface area contributed by atoms with Gasteiger partial charge in [-0.3, -0.25) is 9.59 Å². The van der Waals surface area contributed by atoms with Gasteiger partial charge in [-0.1, -0.05) is 29.8 Å². The number of hydrogen-bond donors (Lipinski definition) is 2. The minimum atomic E-state index is -0.890. The molecule has 1 heterocycles. The lowest BCUT2D eigenvalue weighted by Gasteiger charge is -2.23. The van der Waals surface area contributed by atoms with E-state index in [-0.39, 0.29) is 17.7 Å². The number of carboxylic acid groups (broad SMARTS) is 1. The molecule has 0 spiro atoms.